The standard InChI is InChI=1S/C12H14N4O4S/c1-8-3-4-9(5-10(8)12(17)18)21(19,20)14-6-11-13-7-16(2)15-11/h3-5,7,14H,6H2,1-2H3,(H,17,18). The molecule has 1 heterocycles. The predicted molar refractivity (Wildman–Crippen MR) is 73.2 cm³/mol. The van der Waals surface area contributed by atoms with Crippen LogP contribution in [0.5, 0.6) is 0 Å². The van der Waals surface area contributed by atoms with E-state index in [2.05, 4.69) is 14.8 Å². The molecule has 112 valence electrons. The molecule has 0 saturated heterocycles. The normalized spacial score (nSPS) is 11.5. The van der Waals surface area contributed by atoms with Crippen molar-refractivity contribution in [3.8, 4) is 0 Å². The number of hydrogen-bond acceptors (Lipinski definition) is 5. The van der Waals surface area contributed by atoms with Gasteiger partial charge < -0.3 is 5.11 Å². The van der Waals surface area contributed by atoms with Gasteiger partial charge in [0, 0.05) is 7.05 Å². The van der Waals surface area contributed by atoms with E-state index in [-0.39, 0.29) is 17.0 Å². The Kier molecular flexibility index (Phi) is 4.05. The van der Waals surface area contributed by atoms with Crippen molar-refractivity contribution in [2.24, 2.45) is 7.05 Å². The number of carbonyl (C=O) groups is 1. The maximum Gasteiger partial charge on any atom is 0.335 e. The molecule has 0 bridgehead atoms. The zero-order valence-electron chi connectivity index (χ0n) is 11.4. The second-order valence-electron chi connectivity index (χ2n) is 4.44. The average Bonchev–Trinajstić information content (AvgIpc) is 2.82. The summed E-state index contributed by atoms with van der Waals surface area (Å²) in [6.45, 7) is 1.53. The Balaban J connectivity index is 2.23. The van der Waals surface area contributed by atoms with Crippen LogP contribution in [0, 0.1) is 6.92 Å². The SMILES string of the molecule is Cc1ccc(S(=O)(=O)NCc2ncn(C)n2)cc1C(=O)O. The summed E-state index contributed by atoms with van der Waals surface area (Å²) in [6, 6.07) is 3.94. The van der Waals surface area contributed by atoms with Crippen molar-refractivity contribution < 1.29 is 18.3 Å². The molecule has 0 aliphatic carbocycles. The lowest BCUT2D eigenvalue weighted by Crippen LogP contribution is -2.24. The molecule has 0 aliphatic rings. The molecule has 1 aromatic carbocycles. The molecule has 8 nitrogen and oxygen atoms in total. The Morgan fingerprint density at radius 1 is 1.43 bits per heavy atom. The van der Waals surface area contributed by atoms with Gasteiger partial charge in [0.25, 0.3) is 0 Å². The fourth-order valence-electron chi connectivity index (χ4n) is 1.71. The van der Waals surface area contributed by atoms with Crippen molar-refractivity contribution in [2.75, 3.05) is 0 Å². The number of hydrogen-bond donors (Lipinski definition) is 2. The summed E-state index contributed by atoms with van der Waals surface area (Å²) in [4.78, 5) is 14.8. The van der Waals surface area contributed by atoms with Crippen molar-refractivity contribution >= 4 is 16.0 Å². The van der Waals surface area contributed by atoms with Crippen LogP contribution in [0.2, 0.25) is 0 Å². The second-order valence-corrected chi connectivity index (χ2v) is 6.21. The number of aromatic carboxylic acids is 1. The van der Waals surface area contributed by atoms with E-state index in [9.17, 15) is 13.2 Å². The third-order valence-electron chi connectivity index (χ3n) is 2.82. The first-order chi connectivity index (χ1) is 9.79. The summed E-state index contributed by atoms with van der Waals surface area (Å²) in [5.41, 5.74) is 0.446. The van der Waals surface area contributed by atoms with E-state index in [1.165, 1.54) is 23.1 Å². The van der Waals surface area contributed by atoms with Crippen LogP contribution in [0.1, 0.15) is 21.7 Å². The zero-order chi connectivity index (χ0) is 15.6. The summed E-state index contributed by atoms with van der Waals surface area (Å²) < 4.78 is 28.1. The molecule has 2 N–H and O–H groups in total. The van der Waals surface area contributed by atoms with Crippen LogP contribution in [0.4, 0.5) is 0 Å². The minimum atomic E-state index is -3.82. The van der Waals surface area contributed by atoms with Crippen molar-refractivity contribution in [3.05, 3.63) is 41.5 Å². The van der Waals surface area contributed by atoms with E-state index in [0.717, 1.165) is 6.07 Å². The van der Waals surface area contributed by atoms with Crippen molar-refractivity contribution in [1.82, 2.24) is 19.5 Å². The Labute approximate surface area is 121 Å². The lowest BCUT2D eigenvalue weighted by Gasteiger charge is -2.07. The van der Waals surface area contributed by atoms with Gasteiger partial charge in [0.1, 0.15) is 6.33 Å². The van der Waals surface area contributed by atoms with Gasteiger partial charge in [-0.15, -0.1) is 0 Å². The van der Waals surface area contributed by atoms with Gasteiger partial charge in [-0.2, -0.15) is 5.10 Å². The maximum absolute atomic E-state index is 12.1. The average molecular weight is 310 g/mol. The molecule has 9 heteroatoms. The second kappa shape index (κ2) is 5.62. The number of carboxylic acids is 1. The van der Waals surface area contributed by atoms with Crippen molar-refractivity contribution in [3.63, 3.8) is 0 Å². The molecule has 2 aromatic rings. The number of aromatic nitrogens is 3. The van der Waals surface area contributed by atoms with E-state index in [1.807, 2.05) is 0 Å². The van der Waals surface area contributed by atoms with Crippen LogP contribution in [-0.4, -0.2) is 34.3 Å². The lowest BCUT2D eigenvalue weighted by molar-refractivity contribution is 0.0696. The summed E-state index contributed by atoms with van der Waals surface area (Å²) >= 11 is 0. The Morgan fingerprint density at radius 3 is 2.71 bits per heavy atom. The predicted octanol–water partition coefficient (Wildman–Crippen LogP) is 0.300. The number of sulfonamides is 1. The summed E-state index contributed by atoms with van der Waals surface area (Å²) in [5.74, 6) is -0.845. The van der Waals surface area contributed by atoms with Crippen LogP contribution in [0.15, 0.2) is 29.4 Å². The van der Waals surface area contributed by atoms with E-state index in [0.29, 0.717) is 11.4 Å². The quantitative estimate of drug-likeness (QED) is 0.821. The molecular formula is C12H14N4O4S. The summed E-state index contributed by atoms with van der Waals surface area (Å²) in [6.07, 6.45) is 1.46. The molecular weight excluding hydrogens is 296 g/mol. The van der Waals surface area contributed by atoms with E-state index >= 15 is 0 Å². The van der Waals surface area contributed by atoms with Crippen LogP contribution in [-0.2, 0) is 23.6 Å². The van der Waals surface area contributed by atoms with E-state index in [1.54, 1.807) is 14.0 Å². The fraction of sp³-hybridized carbons (Fsp3) is 0.250. The number of nitrogens with zero attached hydrogens (tertiary/aromatic N) is 3. The first-order valence-electron chi connectivity index (χ1n) is 5.98. The number of carboxylic acid groups (broad SMARTS) is 1. The topological polar surface area (TPSA) is 114 Å². The molecule has 0 spiro atoms. The largest absolute Gasteiger partial charge is 0.478 e. The van der Waals surface area contributed by atoms with Crippen LogP contribution >= 0.6 is 0 Å². The van der Waals surface area contributed by atoms with Gasteiger partial charge in [0.15, 0.2) is 5.82 Å². The maximum atomic E-state index is 12.1. The highest BCUT2D eigenvalue weighted by atomic mass is 32.2. The van der Waals surface area contributed by atoms with Crippen LogP contribution in [0.3, 0.4) is 0 Å². The van der Waals surface area contributed by atoms with Gasteiger partial charge >= 0.3 is 5.97 Å². The van der Waals surface area contributed by atoms with E-state index in [4.69, 9.17) is 5.11 Å². The minimum Gasteiger partial charge on any atom is -0.478 e. The Hall–Kier alpha value is -2.26. The Morgan fingerprint density at radius 2 is 2.14 bits per heavy atom. The molecule has 0 saturated carbocycles. The third-order valence-corrected chi connectivity index (χ3v) is 4.22. The highest BCUT2D eigenvalue weighted by Crippen LogP contribution is 2.15. The highest BCUT2D eigenvalue weighted by Gasteiger charge is 2.18. The molecule has 0 amide bonds. The number of benzene rings is 1. The van der Waals surface area contributed by atoms with Crippen molar-refractivity contribution in [1.29, 1.82) is 0 Å². The first kappa shape index (κ1) is 15.1. The molecule has 0 radical (unpaired) electrons. The van der Waals surface area contributed by atoms with Crippen LogP contribution in [0.25, 0.3) is 0 Å². The molecule has 1 aromatic heterocycles. The summed E-state index contributed by atoms with van der Waals surface area (Å²) in [5, 5.41) is 13.0. The zero-order valence-corrected chi connectivity index (χ0v) is 12.3. The lowest BCUT2D eigenvalue weighted by atomic mass is 10.1. The van der Waals surface area contributed by atoms with E-state index < -0.39 is 16.0 Å². The molecule has 0 aliphatic heterocycles. The minimum absolute atomic E-state index is 0.0474. The van der Waals surface area contributed by atoms with Crippen molar-refractivity contribution in [2.45, 2.75) is 18.4 Å². The number of rotatable bonds is 5. The van der Waals surface area contributed by atoms with Gasteiger partial charge in [-0.1, -0.05) is 6.07 Å². The first-order valence-corrected chi connectivity index (χ1v) is 7.46. The van der Waals surface area contributed by atoms with Gasteiger partial charge in [0.05, 0.1) is 17.0 Å². The Bertz CT molecular complexity index is 782. The van der Waals surface area contributed by atoms with Gasteiger partial charge in [-0.05, 0) is 24.6 Å². The molecule has 0 atom stereocenters. The number of nitrogens with one attached hydrogen (secondary N) is 1. The molecule has 0 fully saturated rings. The third kappa shape index (κ3) is 3.44. The van der Waals surface area contributed by atoms with Gasteiger partial charge in [0.2, 0.25) is 10.0 Å². The van der Waals surface area contributed by atoms with Gasteiger partial charge in [-0.3, -0.25) is 4.68 Å². The number of aryl methyl sites for hydroxylation is 2. The molecule has 2 rings (SSSR count). The van der Waals surface area contributed by atoms with Crippen LogP contribution < -0.4 is 4.72 Å². The fourth-order valence-corrected chi connectivity index (χ4v) is 2.71. The smallest absolute Gasteiger partial charge is 0.335 e. The highest BCUT2D eigenvalue weighted by molar-refractivity contribution is 7.89. The monoisotopic (exact) mass is 310 g/mol. The summed E-state index contributed by atoms with van der Waals surface area (Å²) in [7, 11) is -2.15. The molecule has 0 unspecified atom stereocenters. The van der Waals surface area contributed by atoms with Gasteiger partial charge in [-0.25, -0.2) is 22.9 Å². The molecule has 21 heavy (non-hydrogen) atoms.